The minimum Gasteiger partial charge on any atom is -0.462 e. The van der Waals surface area contributed by atoms with E-state index in [1.54, 1.807) is 0 Å². The lowest BCUT2D eigenvalue weighted by Gasteiger charge is -2.21. The van der Waals surface area contributed by atoms with Crippen molar-refractivity contribution in [1.82, 2.24) is 0 Å². The van der Waals surface area contributed by atoms with E-state index < -0.39 is 97.5 Å². The van der Waals surface area contributed by atoms with Gasteiger partial charge in [-0.25, -0.2) is 9.13 Å². The molecule has 0 aliphatic heterocycles. The molecule has 0 rings (SSSR count). The number of hydrogen-bond acceptors (Lipinski definition) is 15. The average Bonchev–Trinajstić information content (AvgIpc) is 0.911. The van der Waals surface area contributed by atoms with Gasteiger partial charge in [0.2, 0.25) is 0 Å². The second kappa shape index (κ2) is 76.4. The number of aliphatic hydroxyl groups is 1. The van der Waals surface area contributed by atoms with Gasteiger partial charge in [0.25, 0.3) is 0 Å². The maximum absolute atomic E-state index is 13.1. The molecule has 0 saturated carbocycles. The van der Waals surface area contributed by atoms with Crippen LogP contribution in [-0.4, -0.2) is 96.7 Å². The predicted octanol–water partition coefficient (Wildman–Crippen LogP) is 23.7. The van der Waals surface area contributed by atoms with E-state index in [1.165, 1.54) is 38.5 Å². The highest BCUT2D eigenvalue weighted by Crippen LogP contribution is 2.45. The van der Waals surface area contributed by atoms with E-state index in [4.69, 9.17) is 37.0 Å². The number of ether oxygens (including phenoxy) is 4. The van der Waals surface area contributed by atoms with E-state index >= 15 is 0 Å². The summed E-state index contributed by atoms with van der Waals surface area (Å²) in [6, 6.07) is 0. The summed E-state index contributed by atoms with van der Waals surface area (Å²) < 4.78 is 68.6. The quantitative estimate of drug-likeness (QED) is 0.0169. The molecule has 19 heteroatoms. The summed E-state index contributed by atoms with van der Waals surface area (Å²) in [4.78, 5) is 73.1. The molecule has 0 aromatic rings. The number of phosphoric ester groups is 2. The Bertz CT molecular complexity index is 2490. The van der Waals surface area contributed by atoms with Gasteiger partial charge in [0, 0.05) is 25.7 Å². The van der Waals surface area contributed by atoms with Gasteiger partial charge in [0.05, 0.1) is 26.4 Å². The molecular formula is C85H144O17P2. The van der Waals surface area contributed by atoms with Crippen LogP contribution in [-0.2, 0) is 65.4 Å². The van der Waals surface area contributed by atoms with Crippen molar-refractivity contribution in [3.05, 3.63) is 134 Å². The maximum Gasteiger partial charge on any atom is 0.472 e. The van der Waals surface area contributed by atoms with Crippen molar-refractivity contribution in [2.75, 3.05) is 39.6 Å². The monoisotopic (exact) mass is 1500 g/mol. The van der Waals surface area contributed by atoms with Gasteiger partial charge in [-0.1, -0.05) is 277 Å². The average molecular weight is 1500 g/mol. The van der Waals surface area contributed by atoms with E-state index in [-0.39, 0.29) is 25.7 Å². The van der Waals surface area contributed by atoms with Crippen LogP contribution < -0.4 is 0 Å². The van der Waals surface area contributed by atoms with Gasteiger partial charge in [-0.2, -0.15) is 0 Å². The third kappa shape index (κ3) is 75.4. The van der Waals surface area contributed by atoms with Crippen LogP contribution in [0.1, 0.15) is 323 Å². The number of unbranched alkanes of at least 4 members (excludes halogenated alkanes) is 27. The Balaban J connectivity index is 5.40. The van der Waals surface area contributed by atoms with Crippen molar-refractivity contribution in [3.63, 3.8) is 0 Å². The summed E-state index contributed by atoms with van der Waals surface area (Å²) >= 11 is 0. The predicted molar refractivity (Wildman–Crippen MR) is 427 cm³/mol. The highest BCUT2D eigenvalue weighted by atomic mass is 31.2. The van der Waals surface area contributed by atoms with Crippen LogP contribution in [0.15, 0.2) is 134 Å². The molecule has 104 heavy (non-hydrogen) atoms. The molecule has 17 nitrogen and oxygen atoms in total. The Morgan fingerprint density at radius 2 is 0.519 bits per heavy atom. The molecular weight excluding hydrogens is 1350 g/mol. The molecule has 0 aromatic carbocycles. The Hall–Kier alpha value is -4.80. The van der Waals surface area contributed by atoms with Gasteiger partial charge in [0.1, 0.15) is 19.3 Å². The molecule has 0 spiro atoms. The first-order chi connectivity index (χ1) is 50.7. The largest absolute Gasteiger partial charge is 0.472 e. The number of allylic oxidation sites excluding steroid dienone is 22. The van der Waals surface area contributed by atoms with Crippen molar-refractivity contribution < 1.29 is 80.2 Å². The van der Waals surface area contributed by atoms with Gasteiger partial charge in [0.15, 0.2) is 12.2 Å². The summed E-state index contributed by atoms with van der Waals surface area (Å²) in [5, 5.41) is 10.6. The topological polar surface area (TPSA) is 237 Å². The SMILES string of the molecule is CC/C=C\C/C=C\C/C=C\C/C=C\C/C=C\CCCCCC(=O)OCC(COP(=O)(O)OCC(O)COP(=O)(O)OCC(COC(=O)CCCCCCCCC/C=C\C/C=C\C/C=C\CC)OC(=O)CCCCCCC/C=C\C/C=C\CCC)OC(=O)CCCCCCC/C=C\CCCCCCCC. The fourth-order valence-corrected chi connectivity index (χ4v) is 12.0. The zero-order valence-corrected chi connectivity index (χ0v) is 66.9. The third-order valence-corrected chi connectivity index (χ3v) is 18.5. The summed E-state index contributed by atoms with van der Waals surface area (Å²) in [6.07, 6.45) is 85.7. The summed E-state index contributed by atoms with van der Waals surface area (Å²) in [7, 11) is -9.98. The molecule has 0 saturated heterocycles. The minimum atomic E-state index is -4.99. The molecule has 5 unspecified atom stereocenters. The zero-order valence-electron chi connectivity index (χ0n) is 65.2. The van der Waals surface area contributed by atoms with Crippen LogP contribution in [0.25, 0.3) is 0 Å². The van der Waals surface area contributed by atoms with Crippen molar-refractivity contribution in [1.29, 1.82) is 0 Å². The highest BCUT2D eigenvalue weighted by molar-refractivity contribution is 7.47. The zero-order chi connectivity index (χ0) is 76.0. The number of hydrogen-bond donors (Lipinski definition) is 3. The first-order valence-electron chi connectivity index (χ1n) is 40.4. The lowest BCUT2D eigenvalue weighted by atomic mass is 10.1. The minimum absolute atomic E-state index is 0.0732. The third-order valence-electron chi connectivity index (χ3n) is 16.6. The maximum atomic E-state index is 13.1. The first-order valence-corrected chi connectivity index (χ1v) is 43.4. The van der Waals surface area contributed by atoms with Crippen LogP contribution in [0, 0.1) is 0 Å². The highest BCUT2D eigenvalue weighted by Gasteiger charge is 2.30. The molecule has 0 radical (unpaired) electrons. The second-order valence-corrected chi connectivity index (χ2v) is 29.5. The normalized spacial score (nSPS) is 14.6. The first kappa shape index (κ1) is 99.2. The molecule has 0 aromatic heterocycles. The van der Waals surface area contributed by atoms with Crippen LogP contribution >= 0.6 is 15.6 Å². The summed E-state index contributed by atoms with van der Waals surface area (Å²) in [6.45, 7) is 4.53. The van der Waals surface area contributed by atoms with Crippen molar-refractivity contribution in [2.45, 2.75) is 341 Å². The van der Waals surface area contributed by atoms with Gasteiger partial charge < -0.3 is 33.8 Å². The van der Waals surface area contributed by atoms with Crippen LogP contribution in [0.3, 0.4) is 0 Å². The number of aliphatic hydroxyl groups excluding tert-OH is 1. The molecule has 596 valence electrons. The number of carbonyl (C=O) groups excluding carboxylic acids is 4. The lowest BCUT2D eigenvalue weighted by molar-refractivity contribution is -0.161. The van der Waals surface area contributed by atoms with E-state index in [0.717, 1.165) is 205 Å². The number of esters is 4. The van der Waals surface area contributed by atoms with Gasteiger partial charge >= 0.3 is 39.5 Å². The van der Waals surface area contributed by atoms with E-state index in [0.29, 0.717) is 25.7 Å². The van der Waals surface area contributed by atoms with E-state index in [2.05, 4.69) is 161 Å². The van der Waals surface area contributed by atoms with E-state index in [1.807, 2.05) is 0 Å². The lowest BCUT2D eigenvalue weighted by Crippen LogP contribution is -2.30. The van der Waals surface area contributed by atoms with Crippen molar-refractivity contribution in [3.8, 4) is 0 Å². The number of phosphoric acid groups is 2. The van der Waals surface area contributed by atoms with Gasteiger partial charge in [-0.3, -0.25) is 37.3 Å². The van der Waals surface area contributed by atoms with Crippen molar-refractivity contribution in [2.24, 2.45) is 0 Å². The Labute approximate surface area is 631 Å². The molecule has 0 amide bonds. The number of rotatable bonds is 75. The fourth-order valence-electron chi connectivity index (χ4n) is 10.5. The molecule has 3 N–H and O–H groups in total. The Morgan fingerprint density at radius 3 is 0.827 bits per heavy atom. The summed E-state index contributed by atoms with van der Waals surface area (Å²) in [5.41, 5.74) is 0. The number of carbonyl (C=O) groups is 4. The van der Waals surface area contributed by atoms with Crippen LogP contribution in [0.2, 0.25) is 0 Å². The molecule has 0 fully saturated rings. The van der Waals surface area contributed by atoms with Gasteiger partial charge in [-0.15, -0.1) is 0 Å². The second-order valence-electron chi connectivity index (χ2n) is 26.6. The summed E-state index contributed by atoms with van der Waals surface area (Å²) in [5.74, 6) is -2.24. The van der Waals surface area contributed by atoms with Crippen LogP contribution in [0.4, 0.5) is 0 Å². The molecule has 0 aliphatic carbocycles. The van der Waals surface area contributed by atoms with E-state index in [9.17, 15) is 43.2 Å². The van der Waals surface area contributed by atoms with Gasteiger partial charge in [-0.05, 0) is 154 Å². The Kier molecular flexibility index (Phi) is 72.9. The molecule has 0 aliphatic rings. The molecule has 0 heterocycles. The van der Waals surface area contributed by atoms with Crippen molar-refractivity contribution >= 4 is 39.5 Å². The molecule has 5 atom stereocenters. The standard InChI is InChI=1S/C85H144O17P2/c1-5-9-13-17-21-25-29-33-36-38-39-41-44-47-50-54-58-62-66-70-83(88)96-76-81(102-85(90)72-68-64-60-56-52-48-42-35-31-27-23-19-15-11-7-3)78-100-104(93,94)98-74-79(86)73-97-103(91,92)99-77-80(101-84(89)71-67-63-59-55-51-45-32-28-24-20-16-12-8-4)75-95-82(87)69-65-61-57-53-49-46-43-40-37-34-30-26-22-18-14-10-6-2/h9-10,13-14,16,20-22,25-26,28,32-37,39,41-42,47,50,79-81,86H,5-8,11-12,15,17-19,23-24,27,29-31,38,40,43-46,48-49,51-78H2,1-4H3,(H,91,92)(H,93,94)/b13-9-,14-10-,20-16-,25-21-,26-22-,32-28-,36-33-,37-34-,41-39-,42-35-,50-47-. The van der Waals surface area contributed by atoms with Crippen LogP contribution in [0.5, 0.6) is 0 Å². The fraction of sp³-hybridized carbons (Fsp3) is 0.694. The Morgan fingerprint density at radius 1 is 0.279 bits per heavy atom. The molecule has 0 bridgehead atoms. The smallest absolute Gasteiger partial charge is 0.462 e.